The maximum absolute atomic E-state index is 11.7. The molecule has 1 N–H and O–H groups in total. The number of amides is 1. The van der Waals surface area contributed by atoms with Crippen LogP contribution in [-0.4, -0.2) is 41.5 Å². The van der Waals surface area contributed by atoms with Crippen LogP contribution in [-0.2, 0) is 0 Å². The van der Waals surface area contributed by atoms with Crippen molar-refractivity contribution < 1.29 is 4.79 Å². The summed E-state index contributed by atoms with van der Waals surface area (Å²) in [5.41, 5.74) is 2.24. The number of hydrogen-bond acceptors (Lipinski definition) is 4. The van der Waals surface area contributed by atoms with Crippen molar-refractivity contribution in [2.45, 2.75) is 25.3 Å². The largest absolute Gasteiger partial charge is 0.350 e. The highest BCUT2D eigenvalue weighted by Gasteiger charge is 2.34. The highest BCUT2D eigenvalue weighted by molar-refractivity contribution is 7.07. The maximum atomic E-state index is 11.7. The summed E-state index contributed by atoms with van der Waals surface area (Å²) in [6.45, 7) is 3.16. The van der Waals surface area contributed by atoms with Crippen molar-refractivity contribution in [2.75, 3.05) is 19.6 Å². The monoisotopic (exact) mass is 251 g/mol. The first-order valence-corrected chi connectivity index (χ1v) is 7.17. The number of aromatic nitrogens is 1. The predicted octanol–water partition coefficient (Wildman–Crippen LogP) is 1.36. The molecule has 0 radical (unpaired) electrons. The SMILES string of the molecule is O=C(NCC1CCN(C2CC2)C1)c1cscn1. The van der Waals surface area contributed by atoms with Gasteiger partial charge in [0, 0.05) is 24.5 Å². The molecule has 1 aromatic rings. The van der Waals surface area contributed by atoms with Crippen LogP contribution in [0, 0.1) is 5.92 Å². The minimum absolute atomic E-state index is 0.0314. The molecular weight excluding hydrogens is 234 g/mol. The van der Waals surface area contributed by atoms with E-state index in [9.17, 15) is 4.79 Å². The Labute approximate surface area is 105 Å². The molecule has 1 aliphatic carbocycles. The number of hydrogen-bond donors (Lipinski definition) is 1. The molecule has 0 bridgehead atoms. The minimum atomic E-state index is -0.0314. The average Bonchev–Trinajstić information content (AvgIpc) is 2.88. The van der Waals surface area contributed by atoms with Crippen LogP contribution in [0.25, 0.3) is 0 Å². The normalized spacial score (nSPS) is 25.1. The van der Waals surface area contributed by atoms with Crippen LogP contribution in [0.1, 0.15) is 29.8 Å². The van der Waals surface area contributed by atoms with Gasteiger partial charge < -0.3 is 10.2 Å². The lowest BCUT2D eigenvalue weighted by Crippen LogP contribution is -2.31. The second kappa shape index (κ2) is 4.74. The Morgan fingerprint density at radius 1 is 1.53 bits per heavy atom. The van der Waals surface area contributed by atoms with Crippen molar-refractivity contribution in [3.63, 3.8) is 0 Å². The maximum Gasteiger partial charge on any atom is 0.270 e. The molecule has 2 heterocycles. The number of carbonyl (C=O) groups excluding carboxylic acids is 1. The van der Waals surface area contributed by atoms with Crippen LogP contribution in [0.5, 0.6) is 0 Å². The van der Waals surface area contributed by atoms with Gasteiger partial charge in [-0.2, -0.15) is 0 Å². The fourth-order valence-corrected chi connectivity index (χ4v) is 2.98. The molecule has 5 heteroatoms. The summed E-state index contributed by atoms with van der Waals surface area (Å²) in [6.07, 6.45) is 3.96. The summed E-state index contributed by atoms with van der Waals surface area (Å²) in [6, 6.07) is 0.856. The lowest BCUT2D eigenvalue weighted by molar-refractivity contribution is 0.0943. The second-order valence-electron chi connectivity index (χ2n) is 4.96. The standard InChI is InChI=1S/C12H17N3OS/c16-12(11-7-17-8-14-11)13-5-9-3-4-15(6-9)10-1-2-10/h7-10H,1-6H2,(H,13,16). The van der Waals surface area contributed by atoms with Crippen molar-refractivity contribution in [3.8, 4) is 0 Å². The van der Waals surface area contributed by atoms with E-state index in [0.29, 0.717) is 11.6 Å². The summed E-state index contributed by atoms with van der Waals surface area (Å²) in [5.74, 6) is 0.592. The molecule has 1 aromatic heterocycles. The number of nitrogens with one attached hydrogen (secondary N) is 1. The van der Waals surface area contributed by atoms with Crippen molar-refractivity contribution in [2.24, 2.45) is 5.92 Å². The van der Waals surface area contributed by atoms with Crippen molar-refractivity contribution >= 4 is 17.2 Å². The van der Waals surface area contributed by atoms with Crippen LogP contribution in [0.15, 0.2) is 10.9 Å². The number of likely N-dealkylation sites (tertiary alicyclic amines) is 1. The van der Waals surface area contributed by atoms with Gasteiger partial charge in [-0.25, -0.2) is 4.98 Å². The van der Waals surface area contributed by atoms with E-state index < -0.39 is 0 Å². The van der Waals surface area contributed by atoms with Gasteiger partial charge in [-0.3, -0.25) is 4.79 Å². The van der Waals surface area contributed by atoms with Crippen LogP contribution in [0.3, 0.4) is 0 Å². The molecule has 1 saturated heterocycles. The lowest BCUT2D eigenvalue weighted by atomic mass is 10.1. The first kappa shape index (κ1) is 11.2. The number of rotatable bonds is 4. The van der Waals surface area contributed by atoms with Gasteiger partial charge in [0.25, 0.3) is 5.91 Å². The third-order valence-electron chi connectivity index (χ3n) is 3.60. The van der Waals surface area contributed by atoms with Crippen molar-refractivity contribution in [1.82, 2.24) is 15.2 Å². The van der Waals surface area contributed by atoms with Crippen molar-refractivity contribution in [3.05, 3.63) is 16.6 Å². The quantitative estimate of drug-likeness (QED) is 0.879. The van der Waals surface area contributed by atoms with Gasteiger partial charge in [0.2, 0.25) is 0 Å². The molecule has 1 aliphatic heterocycles. The average molecular weight is 251 g/mol. The highest BCUT2D eigenvalue weighted by atomic mass is 32.1. The number of nitrogens with zero attached hydrogens (tertiary/aromatic N) is 2. The molecule has 1 atom stereocenters. The Bertz CT molecular complexity index is 388. The lowest BCUT2D eigenvalue weighted by Gasteiger charge is -2.14. The smallest absolute Gasteiger partial charge is 0.270 e. The van der Waals surface area contributed by atoms with Gasteiger partial charge in [0.1, 0.15) is 5.69 Å². The third-order valence-corrected chi connectivity index (χ3v) is 4.18. The fraction of sp³-hybridized carbons (Fsp3) is 0.667. The van der Waals surface area contributed by atoms with E-state index in [0.717, 1.165) is 19.1 Å². The van der Waals surface area contributed by atoms with Gasteiger partial charge in [-0.15, -0.1) is 11.3 Å². The summed E-state index contributed by atoms with van der Waals surface area (Å²) >= 11 is 1.46. The molecule has 0 aromatic carbocycles. The summed E-state index contributed by atoms with van der Waals surface area (Å²) in [7, 11) is 0. The molecule has 1 saturated carbocycles. The van der Waals surface area contributed by atoms with E-state index in [-0.39, 0.29) is 5.91 Å². The molecular formula is C12H17N3OS. The Hall–Kier alpha value is -0.940. The molecule has 3 rings (SSSR count). The Morgan fingerprint density at radius 3 is 3.12 bits per heavy atom. The van der Waals surface area contributed by atoms with Crippen LogP contribution >= 0.6 is 11.3 Å². The van der Waals surface area contributed by atoms with E-state index in [2.05, 4.69) is 15.2 Å². The summed E-state index contributed by atoms with van der Waals surface area (Å²) in [5, 5.41) is 4.78. The molecule has 2 fully saturated rings. The highest BCUT2D eigenvalue weighted by Crippen LogP contribution is 2.31. The number of thiazole rings is 1. The van der Waals surface area contributed by atoms with E-state index in [4.69, 9.17) is 0 Å². The van der Waals surface area contributed by atoms with Gasteiger partial charge in [-0.1, -0.05) is 0 Å². The van der Waals surface area contributed by atoms with E-state index in [1.54, 1.807) is 10.9 Å². The fourth-order valence-electron chi connectivity index (χ4n) is 2.45. The van der Waals surface area contributed by atoms with Crippen LogP contribution in [0.2, 0.25) is 0 Å². The zero-order chi connectivity index (χ0) is 11.7. The Kier molecular flexibility index (Phi) is 3.11. The number of carbonyl (C=O) groups is 1. The van der Waals surface area contributed by atoms with Gasteiger partial charge in [0.05, 0.1) is 5.51 Å². The van der Waals surface area contributed by atoms with Gasteiger partial charge in [-0.05, 0) is 31.7 Å². The molecule has 0 spiro atoms. The van der Waals surface area contributed by atoms with Crippen molar-refractivity contribution in [1.29, 1.82) is 0 Å². The summed E-state index contributed by atoms with van der Waals surface area (Å²) in [4.78, 5) is 18.3. The predicted molar refractivity (Wildman–Crippen MR) is 67.1 cm³/mol. The summed E-state index contributed by atoms with van der Waals surface area (Å²) < 4.78 is 0. The van der Waals surface area contributed by atoms with Gasteiger partial charge in [0.15, 0.2) is 0 Å². The molecule has 2 aliphatic rings. The zero-order valence-corrected chi connectivity index (χ0v) is 10.6. The molecule has 92 valence electrons. The molecule has 4 nitrogen and oxygen atoms in total. The third kappa shape index (κ3) is 2.66. The van der Waals surface area contributed by atoms with Crippen LogP contribution < -0.4 is 5.32 Å². The van der Waals surface area contributed by atoms with E-state index in [1.165, 1.54) is 37.1 Å². The molecule has 1 unspecified atom stereocenters. The molecule has 17 heavy (non-hydrogen) atoms. The first-order chi connectivity index (χ1) is 8.33. The Balaban J connectivity index is 1.44. The Morgan fingerprint density at radius 2 is 2.41 bits per heavy atom. The second-order valence-corrected chi connectivity index (χ2v) is 5.68. The van der Waals surface area contributed by atoms with E-state index >= 15 is 0 Å². The van der Waals surface area contributed by atoms with E-state index in [1.807, 2.05) is 0 Å². The topological polar surface area (TPSA) is 45.2 Å². The molecule has 1 amide bonds. The van der Waals surface area contributed by atoms with Crippen LogP contribution in [0.4, 0.5) is 0 Å². The first-order valence-electron chi connectivity index (χ1n) is 6.23. The van der Waals surface area contributed by atoms with Gasteiger partial charge >= 0.3 is 0 Å². The zero-order valence-electron chi connectivity index (χ0n) is 9.76. The minimum Gasteiger partial charge on any atom is -0.350 e.